The van der Waals surface area contributed by atoms with Crippen molar-refractivity contribution in [1.29, 1.82) is 0 Å². The number of aryl methyl sites for hydroxylation is 2. The van der Waals surface area contributed by atoms with E-state index in [0.717, 1.165) is 50.4 Å². The minimum atomic E-state index is -0.343. The molecule has 0 aliphatic heterocycles. The predicted molar refractivity (Wildman–Crippen MR) is 132 cm³/mol. The monoisotopic (exact) mass is 461 g/mol. The van der Waals surface area contributed by atoms with E-state index in [2.05, 4.69) is 21.0 Å². The Morgan fingerprint density at radius 1 is 0.824 bits per heavy atom. The van der Waals surface area contributed by atoms with Crippen molar-refractivity contribution in [3.05, 3.63) is 81.1 Å². The number of carbonyl (C=O) groups is 2. The molecule has 0 saturated carbocycles. The maximum Gasteiger partial charge on any atom is 0.340 e. The lowest BCUT2D eigenvalue weighted by atomic mass is 9.87. The van der Waals surface area contributed by atoms with Crippen LogP contribution in [0.25, 0.3) is 10.9 Å². The molecule has 7 heteroatoms. The number of hydrogen-bond acceptors (Lipinski definition) is 4. The summed E-state index contributed by atoms with van der Waals surface area (Å²) in [5, 5.41) is 1.07. The largest absolute Gasteiger partial charge is 0.462 e. The number of carbonyl (C=O) groups excluding carboxylic acids is 2. The average molecular weight is 462 g/mol. The summed E-state index contributed by atoms with van der Waals surface area (Å²) >= 11 is 0. The van der Waals surface area contributed by atoms with E-state index in [4.69, 9.17) is 9.47 Å². The van der Waals surface area contributed by atoms with E-state index in [9.17, 15) is 9.59 Å². The van der Waals surface area contributed by atoms with Crippen LogP contribution >= 0.6 is 0 Å². The molecule has 1 aromatic carbocycles. The van der Waals surface area contributed by atoms with Crippen molar-refractivity contribution in [3.63, 3.8) is 0 Å². The zero-order valence-electron chi connectivity index (χ0n) is 20.5. The summed E-state index contributed by atoms with van der Waals surface area (Å²) in [4.78, 5) is 35.7. The number of rotatable bonds is 7. The van der Waals surface area contributed by atoms with Crippen LogP contribution in [0.5, 0.6) is 0 Å². The Labute approximate surface area is 198 Å². The topological polar surface area (TPSA) is 100.0 Å². The van der Waals surface area contributed by atoms with Crippen LogP contribution in [0.4, 0.5) is 0 Å². The number of nitrogens with one attached hydrogen (secondary N) is 3. The second-order valence-corrected chi connectivity index (χ2v) is 8.49. The molecule has 178 valence electrons. The Hall–Kier alpha value is -3.74. The Bertz CT molecular complexity index is 1300. The van der Waals surface area contributed by atoms with E-state index in [1.165, 1.54) is 0 Å². The van der Waals surface area contributed by atoms with Gasteiger partial charge in [-0.3, -0.25) is 0 Å². The quantitative estimate of drug-likeness (QED) is 0.312. The van der Waals surface area contributed by atoms with E-state index < -0.39 is 0 Å². The van der Waals surface area contributed by atoms with Crippen LogP contribution in [-0.4, -0.2) is 40.1 Å². The third-order valence-electron chi connectivity index (χ3n) is 6.42. The van der Waals surface area contributed by atoms with Crippen molar-refractivity contribution in [2.24, 2.45) is 0 Å². The fraction of sp³-hybridized carbons (Fsp3) is 0.333. The standard InChI is InChI=1S/C27H31N3O4/c1-7-33-26(31)21-14(3)24(29-16(21)5)23(19-13-28-20-12-10-9-11-18(19)20)25-15(4)22(17(6)30-25)27(32)34-8-2/h9-13,23,28-30H,7-8H2,1-6H3. The number of H-pyrrole nitrogens is 3. The van der Waals surface area contributed by atoms with Gasteiger partial charge in [-0.2, -0.15) is 0 Å². The van der Waals surface area contributed by atoms with Crippen LogP contribution in [0.1, 0.15) is 79.9 Å². The van der Waals surface area contributed by atoms with Gasteiger partial charge in [-0.05, 0) is 64.3 Å². The van der Waals surface area contributed by atoms with E-state index in [-0.39, 0.29) is 17.9 Å². The molecule has 3 heterocycles. The van der Waals surface area contributed by atoms with Crippen LogP contribution in [-0.2, 0) is 9.47 Å². The fourth-order valence-corrected chi connectivity index (χ4v) is 4.93. The van der Waals surface area contributed by atoms with Gasteiger partial charge in [-0.1, -0.05) is 18.2 Å². The molecule has 7 nitrogen and oxygen atoms in total. The molecule has 0 bridgehead atoms. The molecule has 0 fully saturated rings. The van der Waals surface area contributed by atoms with E-state index >= 15 is 0 Å². The molecule has 0 aliphatic carbocycles. The van der Waals surface area contributed by atoms with Gasteiger partial charge in [0.2, 0.25) is 0 Å². The molecule has 0 saturated heterocycles. The number of hydrogen-bond donors (Lipinski definition) is 3. The Kier molecular flexibility index (Phi) is 6.37. The predicted octanol–water partition coefficient (Wildman–Crippen LogP) is 5.59. The molecule has 3 aromatic heterocycles. The summed E-state index contributed by atoms with van der Waals surface area (Å²) in [6, 6.07) is 8.10. The minimum absolute atomic E-state index is 0.278. The highest BCUT2D eigenvalue weighted by molar-refractivity contribution is 5.94. The van der Waals surface area contributed by atoms with Gasteiger partial charge in [-0.15, -0.1) is 0 Å². The van der Waals surface area contributed by atoms with E-state index in [1.54, 1.807) is 13.8 Å². The van der Waals surface area contributed by atoms with Gasteiger partial charge in [0.05, 0.1) is 30.3 Å². The van der Waals surface area contributed by atoms with Gasteiger partial charge in [0.15, 0.2) is 0 Å². The van der Waals surface area contributed by atoms with E-state index in [0.29, 0.717) is 24.3 Å². The molecule has 34 heavy (non-hydrogen) atoms. The number of ether oxygens (including phenoxy) is 2. The van der Waals surface area contributed by atoms with Crippen LogP contribution in [0, 0.1) is 27.7 Å². The fourth-order valence-electron chi connectivity index (χ4n) is 4.93. The number of fused-ring (bicyclic) bond motifs is 1. The molecule has 4 rings (SSSR count). The molecule has 0 spiro atoms. The Morgan fingerprint density at radius 2 is 1.32 bits per heavy atom. The van der Waals surface area contributed by atoms with Gasteiger partial charge in [0.1, 0.15) is 0 Å². The number of aromatic nitrogens is 3. The third kappa shape index (κ3) is 3.81. The second kappa shape index (κ2) is 9.25. The lowest BCUT2D eigenvalue weighted by Gasteiger charge is -2.18. The normalized spacial score (nSPS) is 11.4. The van der Waals surface area contributed by atoms with Crippen LogP contribution in [0.15, 0.2) is 30.5 Å². The summed E-state index contributed by atoms with van der Waals surface area (Å²) in [6.07, 6.45) is 1.99. The van der Waals surface area contributed by atoms with Crippen LogP contribution in [0.3, 0.4) is 0 Å². The lowest BCUT2D eigenvalue weighted by molar-refractivity contribution is 0.0515. The van der Waals surface area contributed by atoms with Crippen LogP contribution < -0.4 is 0 Å². The molecule has 0 unspecified atom stereocenters. The molecule has 0 radical (unpaired) electrons. The van der Waals surface area contributed by atoms with Gasteiger partial charge >= 0.3 is 11.9 Å². The SMILES string of the molecule is CCOC(=O)c1c(C)[nH]c(C(c2[nH]c(C)c(C(=O)OCC)c2C)c2c[nH]c3ccccc23)c1C. The van der Waals surface area contributed by atoms with Gasteiger partial charge in [0.25, 0.3) is 0 Å². The lowest BCUT2D eigenvalue weighted by Crippen LogP contribution is -2.10. The molecule has 0 aliphatic rings. The zero-order valence-corrected chi connectivity index (χ0v) is 20.5. The summed E-state index contributed by atoms with van der Waals surface area (Å²) in [6.45, 7) is 11.8. The first-order valence-electron chi connectivity index (χ1n) is 11.6. The smallest absolute Gasteiger partial charge is 0.340 e. The van der Waals surface area contributed by atoms with Crippen molar-refractivity contribution in [2.45, 2.75) is 47.5 Å². The minimum Gasteiger partial charge on any atom is -0.462 e. The Balaban J connectivity index is 1.98. The number of aromatic amines is 3. The average Bonchev–Trinajstić information content (AvgIpc) is 3.43. The second-order valence-electron chi connectivity index (χ2n) is 8.49. The van der Waals surface area contributed by atoms with Crippen molar-refractivity contribution in [1.82, 2.24) is 15.0 Å². The van der Waals surface area contributed by atoms with Crippen molar-refractivity contribution >= 4 is 22.8 Å². The first-order chi connectivity index (χ1) is 16.3. The molecule has 0 amide bonds. The summed E-state index contributed by atoms with van der Waals surface area (Å²) in [7, 11) is 0. The molecular weight excluding hydrogens is 430 g/mol. The first-order valence-corrected chi connectivity index (χ1v) is 11.6. The maximum absolute atomic E-state index is 12.7. The summed E-state index contributed by atoms with van der Waals surface area (Å²) in [5.41, 5.74) is 8.07. The molecule has 4 aromatic rings. The van der Waals surface area contributed by atoms with Gasteiger partial charge in [-0.25, -0.2) is 9.59 Å². The summed E-state index contributed by atoms with van der Waals surface area (Å²) in [5.74, 6) is -0.964. The highest BCUT2D eigenvalue weighted by Gasteiger charge is 2.32. The number of para-hydroxylation sites is 1. The van der Waals surface area contributed by atoms with Crippen molar-refractivity contribution in [2.75, 3.05) is 13.2 Å². The third-order valence-corrected chi connectivity index (χ3v) is 6.42. The zero-order chi connectivity index (χ0) is 24.6. The summed E-state index contributed by atoms with van der Waals surface area (Å²) < 4.78 is 10.6. The highest BCUT2D eigenvalue weighted by atomic mass is 16.5. The van der Waals surface area contributed by atoms with E-state index in [1.807, 2.05) is 52.1 Å². The first kappa shape index (κ1) is 23.4. The van der Waals surface area contributed by atoms with Crippen molar-refractivity contribution < 1.29 is 19.1 Å². The highest BCUT2D eigenvalue weighted by Crippen LogP contribution is 2.40. The van der Waals surface area contributed by atoms with Crippen molar-refractivity contribution in [3.8, 4) is 0 Å². The van der Waals surface area contributed by atoms with Gasteiger partial charge < -0.3 is 24.4 Å². The molecule has 0 atom stereocenters. The maximum atomic E-state index is 12.7. The van der Waals surface area contributed by atoms with Gasteiger partial charge in [0, 0.05) is 39.9 Å². The molecular formula is C27H31N3O4. The Morgan fingerprint density at radius 3 is 1.82 bits per heavy atom. The number of benzene rings is 1. The molecule has 3 N–H and O–H groups in total. The van der Waals surface area contributed by atoms with Crippen LogP contribution in [0.2, 0.25) is 0 Å². The number of esters is 2.